The van der Waals surface area contributed by atoms with Crippen molar-refractivity contribution in [2.45, 2.75) is 18.8 Å². The van der Waals surface area contributed by atoms with Crippen LogP contribution in [0.15, 0.2) is 54.6 Å². The molecule has 0 aliphatic carbocycles. The van der Waals surface area contributed by atoms with Gasteiger partial charge in [0.15, 0.2) is 0 Å². The van der Waals surface area contributed by atoms with Gasteiger partial charge in [0, 0.05) is 5.92 Å². The first kappa shape index (κ1) is 14.2. The molecule has 1 N–H and O–H groups in total. The van der Waals surface area contributed by atoms with Crippen LogP contribution in [0.3, 0.4) is 0 Å². The van der Waals surface area contributed by atoms with Crippen LogP contribution < -0.4 is 10.1 Å². The lowest BCUT2D eigenvalue weighted by Gasteiger charge is -2.31. The molecule has 0 spiro atoms. The van der Waals surface area contributed by atoms with Crippen molar-refractivity contribution in [3.8, 4) is 5.75 Å². The van der Waals surface area contributed by atoms with E-state index in [9.17, 15) is 0 Å². The Morgan fingerprint density at radius 2 is 1.67 bits per heavy atom. The Balaban J connectivity index is 1.98. The Hall–Kier alpha value is -1.80. The smallest absolute Gasteiger partial charge is 0.119 e. The van der Waals surface area contributed by atoms with Crippen molar-refractivity contribution in [1.29, 1.82) is 0 Å². The van der Waals surface area contributed by atoms with Gasteiger partial charge in [0.1, 0.15) is 5.75 Å². The van der Waals surface area contributed by atoms with Gasteiger partial charge in [-0.2, -0.15) is 0 Å². The van der Waals surface area contributed by atoms with Crippen LogP contribution in [-0.4, -0.2) is 20.2 Å². The van der Waals surface area contributed by atoms with Crippen LogP contribution >= 0.6 is 0 Å². The molecule has 0 saturated carbocycles. The van der Waals surface area contributed by atoms with Gasteiger partial charge in [0.2, 0.25) is 0 Å². The van der Waals surface area contributed by atoms with Crippen molar-refractivity contribution >= 4 is 0 Å². The van der Waals surface area contributed by atoms with E-state index in [1.54, 1.807) is 7.11 Å². The van der Waals surface area contributed by atoms with Crippen LogP contribution in [0.2, 0.25) is 0 Å². The molecule has 0 bridgehead atoms. The maximum absolute atomic E-state index is 5.42. The highest BCUT2D eigenvalue weighted by atomic mass is 16.5. The third-order valence-corrected chi connectivity index (χ3v) is 4.47. The van der Waals surface area contributed by atoms with Gasteiger partial charge in [0.25, 0.3) is 0 Å². The van der Waals surface area contributed by atoms with Crippen molar-refractivity contribution in [2.24, 2.45) is 5.92 Å². The average molecular weight is 281 g/mol. The quantitative estimate of drug-likeness (QED) is 0.919. The highest BCUT2D eigenvalue weighted by Gasteiger charge is 2.26. The average Bonchev–Trinajstić information content (AvgIpc) is 2.57. The lowest BCUT2D eigenvalue weighted by atomic mass is 9.76. The van der Waals surface area contributed by atoms with Crippen LogP contribution in [0.25, 0.3) is 0 Å². The SMILES string of the molecule is COc1cccc(C(c2ccccc2)C2CCNCC2)c1. The fraction of sp³-hybridized carbons (Fsp3) is 0.368. The predicted molar refractivity (Wildman–Crippen MR) is 86.9 cm³/mol. The Morgan fingerprint density at radius 3 is 2.38 bits per heavy atom. The zero-order valence-electron chi connectivity index (χ0n) is 12.6. The Labute approximate surface area is 127 Å². The summed E-state index contributed by atoms with van der Waals surface area (Å²) in [5, 5.41) is 3.47. The summed E-state index contributed by atoms with van der Waals surface area (Å²) in [7, 11) is 1.74. The van der Waals surface area contributed by atoms with Gasteiger partial charge in [-0.25, -0.2) is 0 Å². The van der Waals surface area contributed by atoms with Crippen molar-refractivity contribution in [1.82, 2.24) is 5.32 Å². The van der Waals surface area contributed by atoms with E-state index in [4.69, 9.17) is 4.74 Å². The summed E-state index contributed by atoms with van der Waals surface area (Å²) in [6, 6.07) is 19.4. The van der Waals surface area contributed by atoms with Crippen LogP contribution in [0.4, 0.5) is 0 Å². The van der Waals surface area contributed by atoms with E-state index in [0.29, 0.717) is 11.8 Å². The lowest BCUT2D eigenvalue weighted by molar-refractivity contribution is 0.341. The molecule has 21 heavy (non-hydrogen) atoms. The summed E-state index contributed by atoms with van der Waals surface area (Å²) < 4.78 is 5.42. The van der Waals surface area contributed by atoms with Gasteiger partial charge in [-0.05, 0) is 55.1 Å². The summed E-state index contributed by atoms with van der Waals surface area (Å²) in [6.07, 6.45) is 2.47. The molecule has 1 saturated heterocycles. The number of nitrogens with one attached hydrogen (secondary N) is 1. The summed E-state index contributed by atoms with van der Waals surface area (Å²) in [5.41, 5.74) is 2.78. The fourth-order valence-electron chi connectivity index (χ4n) is 3.41. The Morgan fingerprint density at radius 1 is 0.952 bits per heavy atom. The first-order valence-corrected chi connectivity index (χ1v) is 7.78. The number of rotatable bonds is 4. The molecule has 110 valence electrons. The third-order valence-electron chi connectivity index (χ3n) is 4.47. The molecule has 2 nitrogen and oxygen atoms in total. The molecule has 1 atom stereocenters. The Kier molecular flexibility index (Phi) is 4.56. The van der Waals surface area contributed by atoms with E-state index >= 15 is 0 Å². The lowest BCUT2D eigenvalue weighted by Crippen LogP contribution is -2.31. The maximum atomic E-state index is 5.42. The minimum Gasteiger partial charge on any atom is -0.497 e. The molecule has 0 radical (unpaired) electrons. The van der Waals surface area contributed by atoms with Gasteiger partial charge in [-0.1, -0.05) is 42.5 Å². The molecule has 1 aliphatic heterocycles. The third kappa shape index (κ3) is 3.27. The molecular weight excluding hydrogens is 258 g/mol. The second-order valence-corrected chi connectivity index (χ2v) is 5.75. The normalized spacial score (nSPS) is 17.4. The monoisotopic (exact) mass is 281 g/mol. The van der Waals surface area contributed by atoms with Gasteiger partial charge < -0.3 is 10.1 Å². The van der Waals surface area contributed by atoms with Crippen molar-refractivity contribution in [3.63, 3.8) is 0 Å². The highest BCUT2D eigenvalue weighted by molar-refractivity contribution is 5.38. The van der Waals surface area contributed by atoms with E-state index in [1.807, 2.05) is 6.07 Å². The maximum Gasteiger partial charge on any atom is 0.119 e. The van der Waals surface area contributed by atoms with E-state index in [2.05, 4.69) is 53.8 Å². The summed E-state index contributed by atoms with van der Waals surface area (Å²) in [6.45, 7) is 2.25. The molecule has 2 aromatic rings. The van der Waals surface area contributed by atoms with Crippen molar-refractivity contribution in [2.75, 3.05) is 20.2 Å². The van der Waals surface area contributed by atoms with Gasteiger partial charge in [-0.3, -0.25) is 0 Å². The molecule has 1 aliphatic rings. The fourth-order valence-corrected chi connectivity index (χ4v) is 3.41. The number of benzene rings is 2. The predicted octanol–water partition coefficient (Wildman–Crippen LogP) is 3.83. The number of hydrogen-bond acceptors (Lipinski definition) is 2. The zero-order valence-corrected chi connectivity index (χ0v) is 12.6. The largest absolute Gasteiger partial charge is 0.497 e. The first-order valence-electron chi connectivity index (χ1n) is 7.78. The molecular formula is C19H23NO. The van der Waals surface area contributed by atoms with Crippen molar-refractivity contribution < 1.29 is 4.74 Å². The molecule has 2 heteroatoms. The topological polar surface area (TPSA) is 21.3 Å². The van der Waals surface area contributed by atoms with E-state index in [0.717, 1.165) is 18.8 Å². The minimum absolute atomic E-state index is 0.461. The number of methoxy groups -OCH3 is 1. The van der Waals surface area contributed by atoms with Crippen LogP contribution in [0, 0.1) is 5.92 Å². The number of hydrogen-bond donors (Lipinski definition) is 1. The first-order chi connectivity index (χ1) is 10.4. The van der Waals surface area contributed by atoms with Gasteiger partial charge in [-0.15, -0.1) is 0 Å². The van der Waals surface area contributed by atoms with E-state index < -0.39 is 0 Å². The molecule has 0 aromatic heterocycles. The van der Waals surface area contributed by atoms with Crippen LogP contribution in [0.1, 0.15) is 29.9 Å². The molecule has 1 unspecified atom stereocenters. The molecule has 1 fully saturated rings. The number of ether oxygens (including phenoxy) is 1. The molecule has 0 amide bonds. The highest BCUT2D eigenvalue weighted by Crippen LogP contribution is 2.37. The zero-order chi connectivity index (χ0) is 14.5. The summed E-state index contributed by atoms with van der Waals surface area (Å²) in [4.78, 5) is 0. The molecule has 2 aromatic carbocycles. The van der Waals surface area contributed by atoms with Crippen LogP contribution in [-0.2, 0) is 0 Å². The number of piperidine rings is 1. The molecule has 3 rings (SSSR count). The van der Waals surface area contributed by atoms with Gasteiger partial charge in [0.05, 0.1) is 7.11 Å². The second kappa shape index (κ2) is 6.77. The summed E-state index contributed by atoms with van der Waals surface area (Å²) >= 11 is 0. The second-order valence-electron chi connectivity index (χ2n) is 5.75. The molecule has 1 heterocycles. The van der Waals surface area contributed by atoms with E-state index in [1.165, 1.54) is 24.0 Å². The summed E-state index contributed by atoms with van der Waals surface area (Å²) in [5.74, 6) is 2.10. The standard InChI is InChI=1S/C19H23NO/c1-21-18-9-5-8-17(14-18)19(15-6-3-2-4-7-15)16-10-12-20-13-11-16/h2-9,14,16,19-20H,10-13H2,1H3. The van der Waals surface area contributed by atoms with Crippen LogP contribution in [0.5, 0.6) is 5.75 Å². The minimum atomic E-state index is 0.461. The Bertz CT molecular complexity index is 561. The van der Waals surface area contributed by atoms with Gasteiger partial charge >= 0.3 is 0 Å². The van der Waals surface area contributed by atoms with E-state index in [-0.39, 0.29) is 0 Å². The van der Waals surface area contributed by atoms with Crippen molar-refractivity contribution in [3.05, 3.63) is 65.7 Å².